The van der Waals surface area contributed by atoms with Crippen molar-refractivity contribution in [2.24, 2.45) is 0 Å². The zero-order valence-electron chi connectivity index (χ0n) is 15.2. The monoisotopic (exact) mass is 395 g/mol. The van der Waals surface area contributed by atoms with Gasteiger partial charge in [-0.2, -0.15) is 0 Å². The van der Waals surface area contributed by atoms with Crippen LogP contribution in [0.3, 0.4) is 0 Å². The summed E-state index contributed by atoms with van der Waals surface area (Å²) in [5.74, 6) is 2.30. The summed E-state index contributed by atoms with van der Waals surface area (Å²) in [6.45, 7) is 2.97. The highest BCUT2D eigenvalue weighted by atomic mass is 35.5. The zero-order valence-corrected chi connectivity index (χ0v) is 16.0. The standard InChI is InChI=1S/C22H18ClNO4/c1-14-2-3-15(12-18(14)23)19-8-5-17(28-19)6-9-22(25)24-16-4-7-20-21(13-16)27-11-10-26-20/h2-9,12-13H,10-11H2,1H3,(H,24,25)/b9-6+. The maximum absolute atomic E-state index is 12.2. The van der Waals surface area contributed by atoms with E-state index in [9.17, 15) is 4.79 Å². The molecular weight excluding hydrogens is 378 g/mol. The van der Waals surface area contributed by atoms with Crippen LogP contribution >= 0.6 is 11.6 Å². The lowest BCUT2D eigenvalue weighted by molar-refractivity contribution is -0.111. The summed E-state index contributed by atoms with van der Waals surface area (Å²) in [7, 11) is 0. The number of amides is 1. The van der Waals surface area contributed by atoms with E-state index in [4.69, 9.17) is 25.5 Å². The molecule has 4 rings (SSSR count). The van der Waals surface area contributed by atoms with Crippen molar-refractivity contribution in [1.29, 1.82) is 0 Å². The molecule has 2 aromatic carbocycles. The van der Waals surface area contributed by atoms with E-state index in [0.29, 0.717) is 46.9 Å². The van der Waals surface area contributed by atoms with Gasteiger partial charge in [-0.1, -0.05) is 23.7 Å². The summed E-state index contributed by atoms with van der Waals surface area (Å²) in [6.07, 6.45) is 3.04. The minimum atomic E-state index is -0.270. The van der Waals surface area contributed by atoms with Crippen molar-refractivity contribution in [1.82, 2.24) is 0 Å². The highest BCUT2D eigenvalue weighted by Gasteiger charge is 2.12. The number of nitrogens with one attached hydrogen (secondary N) is 1. The van der Waals surface area contributed by atoms with Gasteiger partial charge in [-0.25, -0.2) is 0 Å². The molecule has 28 heavy (non-hydrogen) atoms. The number of halogens is 1. The molecule has 3 aromatic rings. The van der Waals surface area contributed by atoms with E-state index in [-0.39, 0.29) is 5.91 Å². The lowest BCUT2D eigenvalue weighted by Gasteiger charge is -2.18. The van der Waals surface area contributed by atoms with Crippen molar-refractivity contribution < 1.29 is 18.7 Å². The smallest absolute Gasteiger partial charge is 0.248 e. The molecule has 1 aliphatic rings. The van der Waals surface area contributed by atoms with E-state index in [0.717, 1.165) is 11.1 Å². The Balaban J connectivity index is 1.42. The van der Waals surface area contributed by atoms with Crippen LogP contribution in [0.5, 0.6) is 11.5 Å². The quantitative estimate of drug-likeness (QED) is 0.606. The van der Waals surface area contributed by atoms with Crippen LogP contribution in [0.4, 0.5) is 5.69 Å². The van der Waals surface area contributed by atoms with E-state index >= 15 is 0 Å². The third-order valence-electron chi connectivity index (χ3n) is 4.29. The Morgan fingerprint density at radius 2 is 1.86 bits per heavy atom. The van der Waals surface area contributed by atoms with E-state index in [1.54, 1.807) is 30.3 Å². The number of furan rings is 1. The van der Waals surface area contributed by atoms with Crippen molar-refractivity contribution in [2.75, 3.05) is 18.5 Å². The average Bonchev–Trinajstić information content (AvgIpc) is 3.17. The summed E-state index contributed by atoms with van der Waals surface area (Å²) in [6, 6.07) is 14.7. The molecule has 1 aliphatic heterocycles. The molecule has 0 bridgehead atoms. The highest BCUT2D eigenvalue weighted by molar-refractivity contribution is 6.31. The maximum atomic E-state index is 12.2. The van der Waals surface area contributed by atoms with Gasteiger partial charge in [-0.05, 0) is 48.9 Å². The van der Waals surface area contributed by atoms with Crippen molar-refractivity contribution in [3.8, 4) is 22.8 Å². The molecule has 6 heteroatoms. The number of hydrogen-bond acceptors (Lipinski definition) is 4. The van der Waals surface area contributed by atoms with Gasteiger partial charge >= 0.3 is 0 Å². The Kier molecular flexibility index (Phi) is 5.08. The number of rotatable bonds is 4. The fourth-order valence-corrected chi connectivity index (χ4v) is 2.99. The number of fused-ring (bicyclic) bond motifs is 1. The number of ether oxygens (including phenoxy) is 2. The molecule has 0 radical (unpaired) electrons. The summed E-state index contributed by atoms with van der Waals surface area (Å²) in [4.78, 5) is 12.2. The van der Waals surface area contributed by atoms with Gasteiger partial charge < -0.3 is 19.2 Å². The number of carbonyl (C=O) groups is 1. The topological polar surface area (TPSA) is 60.7 Å². The summed E-state index contributed by atoms with van der Waals surface area (Å²) in [5.41, 5.74) is 2.53. The molecule has 142 valence electrons. The third kappa shape index (κ3) is 4.05. The molecular formula is C22H18ClNO4. The van der Waals surface area contributed by atoms with Gasteiger partial charge in [-0.15, -0.1) is 0 Å². The van der Waals surface area contributed by atoms with Gasteiger partial charge in [0.25, 0.3) is 0 Å². The number of hydrogen-bond donors (Lipinski definition) is 1. The van der Waals surface area contributed by atoms with E-state index in [1.807, 2.05) is 31.2 Å². The minimum absolute atomic E-state index is 0.270. The summed E-state index contributed by atoms with van der Waals surface area (Å²) in [5, 5.41) is 3.48. The third-order valence-corrected chi connectivity index (χ3v) is 4.70. The zero-order chi connectivity index (χ0) is 19.5. The first-order valence-electron chi connectivity index (χ1n) is 8.83. The summed E-state index contributed by atoms with van der Waals surface area (Å²) >= 11 is 6.17. The molecule has 0 unspecified atom stereocenters. The maximum Gasteiger partial charge on any atom is 0.248 e. The molecule has 5 nitrogen and oxygen atoms in total. The Labute approximate surface area is 167 Å². The SMILES string of the molecule is Cc1ccc(-c2ccc(/C=C/C(=O)Nc3ccc4c(c3)OCCO4)o2)cc1Cl. The number of anilines is 1. The highest BCUT2D eigenvalue weighted by Crippen LogP contribution is 2.32. The van der Waals surface area contributed by atoms with Gasteiger partial charge in [0.1, 0.15) is 24.7 Å². The van der Waals surface area contributed by atoms with Crippen LogP contribution in [0, 0.1) is 6.92 Å². The van der Waals surface area contributed by atoms with E-state index in [2.05, 4.69) is 5.32 Å². The molecule has 1 N–H and O–H groups in total. The second-order valence-electron chi connectivity index (χ2n) is 6.35. The Morgan fingerprint density at radius 1 is 1.04 bits per heavy atom. The van der Waals surface area contributed by atoms with Crippen molar-refractivity contribution in [2.45, 2.75) is 6.92 Å². The molecule has 0 saturated carbocycles. The van der Waals surface area contributed by atoms with Crippen LogP contribution in [0.25, 0.3) is 17.4 Å². The molecule has 0 atom stereocenters. The van der Waals surface area contributed by atoms with Gasteiger partial charge in [0.05, 0.1) is 0 Å². The number of benzene rings is 2. The molecule has 0 spiro atoms. The fourth-order valence-electron chi connectivity index (χ4n) is 2.81. The predicted molar refractivity (Wildman–Crippen MR) is 109 cm³/mol. The second kappa shape index (κ2) is 7.82. The molecule has 0 saturated heterocycles. The van der Waals surface area contributed by atoms with Crippen molar-refractivity contribution in [3.63, 3.8) is 0 Å². The van der Waals surface area contributed by atoms with Gasteiger partial charge in [0, 0.05) is 28.4 Å². The van der Waals surface area contributed by atoms with Crippen LogP contribution in [0.15, 0.2) is 59.0 Å². The van der Waals surface area contributed by atoms with Crippen LogP contribution in [0.2, 0.25) is 5.02 Å². The van der Waals surface area contributed by atoms with Crippen LogP contribution in [-0.2, 0) is 4.79 Å². The van der Waals surface area contributed by atoms with Gasteiger partial charge in [0.15, 0.2) is 11.5 Å². The first kappa shape index (κ1) is 18.2. The van der Waals surface area contributed by atoms with Crippen molar-refractivity contribution in [3.05, 3.63) is 71.0 Å². The lowest BCUT2D eigenvalue weighted by Crippen LogP contribution is -2.16. The first-order chi connectivity index (χ1) is 13.6. The normalized spacial score (nSPS) is 12.9. The first-order valence-corrected chi connectivity index (χ1v) is 9.21. The van der Waals surface area contributed by atoms with Gasteiger partial charge in [-0.3, -0.25) is 4.79 Å². The van der Waals surface area contributed by atoms with Gasteiger partial charge in [0.2, 0.25) is 5.91 Å². The molecule has 0 fully saturated rings. The van der Waals surface area contributed by atoms with Crippen LogP contribution < -0.4 is 14.8 Å². The summed E-state index contributed by atoms with van der Waals surface area (Å²) < 4.78 is 16.8. The average molecular weight is 396 g/mol. The Hall–Kier alpha value is -3.18. The molecule has 1 aromatic heterocycles. The van der Waals surface area contributed by atoms with Crippen LogP contribution in [-0.4, -0.2) is 19.1 Å². The Morgan fingerprint density at radius 3 is 2.68 bits per heavy atom. The molecule has 2 heterocycles. The minimum Gasteiger partial charge on any atom is -0.486 e. The van der Waals surface area contributed by atoms with Crippen molar-refractivity contribution >= 4 is 29.3 Å². The number of carbonyl (C=O) groups excluding carboxylic acids is 1. The lowest BCUT2D eigenvalue weighted by atomic mass is 10.1. The fraction of sp³-hybridized carbons (Fsp3) is 0.136. The largest absolute Gasteiger partial charge is 0.486 e. The second-order valence-corrected chi connectivity index (χ2v) is 6.75. The van der Waals surface area contributed by atoms with E-state index < -0.39 is 0 Å². The molecule has 1 amide bonds. The predicted octanol–water partition coefficient (Wildman–Crippen LogP) is 5.33. The van der Waals surface area contributed by atoms with Crippen LogP contribution in [0.1, 0.15) is 11.3 Å². The Bertz CT molecular complexity index is 1050. The van der Waals surface area contributed by atoms with E-state index in [1.165, 1.54) is 6.08 Å². The number of aryl methyl sites for hydroxylation is 1. The molecule has 0 aliphatic carbocycles.